The Hall–Kier alpha value is -2.99. The van der Waals surface area contributed by atoms with Crippen LogP contribution < -0.4 is 5.32 Å². The van der Waals surface area contributed by atoms with Gasteiger partial charge < -0.3 is 14.8 Å². The number of likely N-dealkylation sites (N-methyl/N-ethyl adjacent to an activating group) is 1. The zero-order chi connectivity index (χ0) is 19.5. The molecule has 6 heteroatoms. The number of ether oxygens (including phenoxy) is 2. The van der Waals surface area contributed by atoms with Gasteiger partial charge in [0.25, 0.3) is 5.91 Å². The highest BCUT2D eigenvalue weighted by Crippen LogP contribution is 2.20. The summed E-state index contributed by atoms with van der Waals surface area (Å²) >= 11 is 0. The van der Waals surface area contributed by atoms with Crippen LogP contribution in [0, 0.1) is 0 Å². The Labute approximate surface area is 163 Å². The topological polar surface area (TPSA) is 67.6 Å². The third kappa shape index (κ3) is 3.82. The number of hydrogen-bond acceptors (Lipinski definition) is 4. The lowest BCUT2D eigenvalue weighted by molar-refractivity contribution is -0.424. The van der Waals surface area contributed by atoms with Crippen molar-refractivity contribution in [2.45, 2.75) is 25.0 Å². The monoisotopic (exact) mass is 379 g/mol. The van der Waals surface area contributed by atoms with Crippen molar-refractivity contribution >= 4 is 23.6 Å². The summed E-state index contributed by atoms with van der Waals surface area (Å²) in [5, 5.41) is 2.90. The molecular weight excluding hydrogens is 356 g/mol. The lowest BCUT2D eigenvalue weighted by Crippen LogP contribution is -2.40. The van der Waals surface area contributed by atoms with Crippen molar-refractivity contribution < 1.29 is 23.6 Å². The summed E-state index contributed by atoms with van der Waals surface area (Å²) in [5.74, 6) is -0.0332. The Balaban J connectivity index is 1.44. The molecule has 0 spiro atoms. The molecule has 1 aromatic rings. The van der Waals surface area contributed by atoms with Crippen molar-refractivity contribution in [3.05, 3.63) is 65.5 Å². The van der Waals surface area contributed by atoms with Crippen molar-refractivity contribution in [1.29, 1.82) is 0 Å². The van der Waals surface area contributed by atoms with Crippen molar-refractivity contribution in [3.63, 3.8) is 0 Å². The van der Waals surface area contributed by atoms with E-state index < -0.39 is 0 Å². The molecule has 2 amide bonds. The molecule has 1 N–H and O–H groups in total. The van der Waals surface area contributed by atoms with E-state index in [-0.39, 0.29) is 29.8 Å². The molecule has 0 radical (unpaired) electrons. The number of nitrogens with zero attached hydrogens (tertiary/aromatic N) is 1. The number of carbonyl (C=O) groups excluding carboxylic acids is 2. The molecule has 4 rings (SSSR count). The minimum absolute atomic E-state index is 0.116. The number of fused-ring (bicyclic) bond motifs is 1. The first kappa shape index (κ1) is 18.4. The van der Waals surface area contributed by atoms with Crippen molar-refractivity contribution in [3.8, 4) is 0 Å². The van der Waals surface area contributed by atoms with E-state index in [1.165, 1.54) is 0 Å². The first-order valence-corrected chi connectivity index (χ1v) is 9.50. The Morgan fingerprint density at radius 2 is 2.11 bits per heavy atom. The molecule has 144 valence electrons. The summed E-state index contributed by atoms with van der Waals surface area (Å²) in [5.41, 5.74) is 2.19. The van der Waals surface area contributed by atoms with E-state index in [9.17, 15) is 9.59 Å². The molecule has 0 saturated carbocycles. The normalized spacial score (nSPS) is 25.0. The van der Waals surface area contributed by atoms with Crippen LogP contribution in [0.4, 0.5) is 0 Å². The van der Waals surface area contributed by atoms with E-state index in [0.717, 1.165) is 30.7 Å². The summed E-state index contributed by atoms with van der Waals surface area (Å²) in [6, 6.07) is 7.10. The quantitative estimate of drug-likeness (QED) is 0.642. The number of rotatable bonds is 4. The van der Waals surface area contributed by atoms with Gasteiger partial charge in [-0.05, 0) is 42.7 Å². The Bertz CT molecular complexity index is 903. The predicted molar refractivity (Wildman–Crippen MR) is 105 cm³/mol. The average molecular weight is 379 g/mol. The van der Waals surface area contributed by atoms with Crippen LogP contribution in [0.2, 0.25) is 0 Å². The predicted octanol–water partition coefficient (Wildman–Crippen LogP) is 2.07. The van der Waals surface area contributed by atoms with E-state index in [1.807, 2.05) is 24.3 Å². The van der Waals surface area contributed by atoms with Crippen LogP contribution in [-0.4, -0.2) is 54.5 Å². The Morgan fingerprint density at radius 1 is 1.29 bits per heavy atom. The van der Waals surface area contributed by atoms with Crippen LogP contribution in [0.5, 0.6) is 0 Å². The van der Waals surface area contributed by atoms with Crippen molar-refractivity contribution in [1.82, 2.24) is 5.32 Å². The standard InChI is InChI=1S/C22H22N2O4/c1-24-18-6-2-3-7-19(18)28-20(22(24)26)13-15-8-10-16(11-9-15)21(25)23-14-17-5-4-12-27-17/h2-3,6-11,13,17,19H,4-5,12,14H2,1H3/p+1/b20-13-. The van der Waals surface area contributed by atoms with Gasteiger partial charge in [-0.15, -0.1) is 0 Å². The highest BCUT2D eigenvalue weighted by atomic mass is 16.5. The van der Waals surface area contributed by atoms with Crippen molar-refractivity contribution in [2.24, 2.45) is 0 Å². The van der Waals surface area contributed by atoms with E-state index in [0.29, 0.717) is 12.1 Å². The minimum Gasteiger partial charge on any atom is -0.465 e. The molecule has 1 saturated heterocycles. The minimum atomic E-state index is -0.262. The van der Waals surface area contributed by atoms with E-state index in [4.69, 9.17) is 9.47 Å². The first-order chi connectivity index (χ1) is 13.6. The third-order valence-corrected chi connectivity index (χ3v) is 5.10. The maximum Gasteiger partial charge on any atom is 0.454 e. The van der Waals surface area contributed by atoms with Gasteiger partial charge in [0, 0.05) is 24.8 Å². The smallest absolute Gasteiger partial charge is 0.454 e. The van der Waals surface area contributed by atoms with Crippen LogP contribution >= 0.6 is 0 Å². The van der Waals surface area contributed by atoms with E-state index >= 15 is 0 Å². The van der Waals surface area contributed by atoms with Gasteiger partial charge in [0.1, 0.15) is 7.05 Å². The van der Waals surface area contributed by atoms with E-state index in [1.54, 1.807) is 42.0 Å². The zero-order valence-corrected chi connectivity index (χ0v) is 15.8. The average Bonchev–Trinajstić information content (AvgIpc) is 3.24. The number of nitrogens with one attached hydrogen (secondary N) is 1. The van der Waals surface area contributed by atoms with Gasteiger partial charge in [-0.3, -0.25) is 4.79 Å². The van der Waals surface area contributed by atoms with Crippen LogP contribution in [0.3, 0.4) is 0 Å². The molecule has 6 nitrogen and oxygen atoms in total. The summed E-state index contributed by atoms with van der Waals surface area (Å²) in [4.78, 5) is 24.8. The van der Waals surface area contributed by atoms with Crippen LogP contribution in [0.15, 0.2) is 54.3 Å². The highest BCUT2D eigenvalue weighted by Gasteiger charge is 2.37. The lowest BCUT2D eigenvalue weighted by atomic mass is 10.1. The second-order valence-electron chi connectivity index (χ2n) is 7.05. The second-order valence-corrected chi connectivity index (χ2v) is 7.05. The number of allylic oxidation sites excluding steroid dienone is 2. The van der Waals surface area contributed by atoms with Gasteiger partial charge in [-0.1, -0.05) is 24.3 Å². The third-order valence-electron chi connectivity index (χ3n) is 5.10. The number of hydrogen-bond donors (Lipinski definition) is 1. The largest absolute Gasteiger partial charge is 0.465 e. The van der Waals surface area contributed by atoms with Crippen LogP contribution in [-0.2, 0) is 14.3 Å². The fourth-order valence-corrected chi connectivity index (χ4v) is 3.48. The summed E-state index contributed by atoms with van der Waals surface area (Å²) in [6.45, 7) is 1.30. The summed E-state index contributed by atoms with van der Waals surface area (Å²) in [7, 11) is 1.74. The molecule has 1 aromatic carbocycles. The van der Waals surface area contributed by atoms with Gasteiger partial charge >= 0.3 is 5.91 Å². The highest BCUT2D eigenvalue weighted by molar-refractivity contribution is 6.05. The number of benzene rings is 1. The fraction of sp³-hybridized carbons (Fsp3) is 0.318. The molecule has 3 aliphatic rings. The summed E-state index contributed by atoms with van der Waals surface area (Å²) < 4.78 is 13.0. The number of amides is 2. The number of carbonyl (C=O) groups is 2. The van der Waals surface area contributed by atoms with Crippen LogP contribution in [0.25, 0.3) is 6.08 Å². The molecular formula is C22H23N2O4+. The molecule has 2 aliphatic heterocycles. The van der Waals surface area contributed by atoms with E-state index in [2.05, 4.69) is 5.32 Å². The molecule has 0 bridgehead atoms. The lowest BCUT2D eigenvalue weighted by Gasteiger charge is -2.21. The molecule has 28 heavy (non-hydrogen) atoms. The molecule has 2 unspecified atom stereocenters. The maximum atomic E-state index is 12.5. The molecule has 1 fully saturated rings. The first-order valence-electron chi connectivity index (χ1n) is 9.50. The van der Waals surface area contributed by atoms with Gasteiger partial charge in [-0.2, -0.15) is 4.58 Å². The molecule has 1 aliphatic carbocycles. The van der Waals surface area contributed by atoms with Crippen molar-refractivity contribution in [2.75, 3.05) is 20.2 Å². The Morgan fingerprint density at radius 3 is 2.86 bits per heavy atom. The fourth-order valence-electron chi connectivity index (χ4n) is 3.48. The molecule has 2 atom stereocenters. The summed E-state index contributed by atoms with van der Waals surface area (Å²) in [6.07, 6.45) is 11.2. The van der Waals surface area contributed by atoms with Gasteiger partial charge in [0.05, 0.1) is 6.10 Å². The van der Waals surface area contributed by atoms with Gasteiger partial charge in [-0.25, -0.2) is 4.79 Å². The molecule has 0 aromatic heterocycles. The Kier molecular flexibility index (Phi) is 5.21. The maximum absolute atomic E-state index is 12.5. The van der Waals surface area contributed by atoms with Crippen LogP contribution in [0.1, 0.15) is 28.8 Å². The zero-order valence-electron chi connectivity index (χ0n) is 15.8. The molecule has 2 heterocycles. The second kappa shape index (κ2) is 7.94. The van der Waals surface area contributed by atoms with Gasteiger partial charge in [0.2, 0.25) is 17.6 Å². The SMILES string of the molecule is C[N+]1=C2C=CC=CC2O/C(=C\c2ccc(C(=O)NCC3CCCO3)cc2)C1=O. The van der Waals surface area contributed by atoms with Gasteiger partial charge in [0.15, 0.2) is 0 Å².